The van der Waals surface area contributed by atoms with Crippen molar-refractivity contribution in [2.75, 3.05) is 32.6 Å². The first kappa shape index (κ1) is 12.8. The third kappa shape index (κ3) is 2.67. The Balaban J connectivity index is 3.03. The molecule has 16 heavy (non-hydrogen) atoms. The SMILES string of the molecule is CCN(c1ccccc1OC)C(C)N(C)C. The molecular weight excluding hydrogens is 200 g/mol. The van der Waals surface area contributed by atoms with Crippen molar-refractivity contribution in [3.05, 3.63) is 24.3 Å². The lowest BCUT2D eigenvalue weighted by atomic mass is 10.2. The molecule has 0 radical (unpaired) electrons. The fourth-order valence-electron chi connectivity index (χ4n) is 1.78. The fraction of sp³-hybridized carbons (Fsp3) is 0.538. The molecule has 0 aliphatic heterocycles. The molecule has 3 nitrogen and oxygen atoms in total. The lowest BCUT2D eigenvalue weighted by Crippen LogP contribution is -2.43. The summed E-state index contributed by atoms with van der Waals surface area (Å²) in [4.78, 5) is 4.51. The number of rotatable bonds is 5. The smallest absolute Gasteiger partial charge is 0.142 e. The van der Waals surface area contributed by atoms with Crippen LogP contribution in [-0.4, -0.2) is 38.8 Å². The van der Waals surface area contributed by atoms with Gasteiger partial charge in [-0.15, -0.1) is 0 Å². The molecule has 0 amide bonds. The highest BCUT2D eigenvalue weighted by Crippen LogP contribution is 2.29. The largest absolute Gasteiger partial charge is 0.495 e. The topological polar surface area (TPSA) is 15.7 Å². The van der Waals surface area contributed by atoms with E-state index in [1.807, 2.05) is 18.2 Å². The van der Waals surface area contributed by atoms with Crippen LogP contribution in [-0.2, 0) is 0 Å². The highest BCUT2D eigenvalue weighted by atomic mass is 16.5. The molecule has 1 aromatic carbocycles. The molecule has 0 N–H and O–H groups in total. The number of ether oxygens (including phenoxy) is 1. The minimum absolute atomic E-state index is 0.348. The van der Waals surface area contributed by atoms with Gasteiger partial charge < -0.3 is 9.64 Å². The van der Waals surface area contributed by atoms with Crippen molar-refractivity contribution in [2.45, 2.75) is 20.0 Å². The predicted octanol–water partition coefficient (Wildman–Crippen LogP) is 2.43. The second-order valence-electron chi connectivity index (χ2n) is 4.05. The molecule has 1 rings (SSSR count). The third-order valence-electron chi connectivity index (χ3n) is 2.93. The quantitative estimate of drug-likeness (QED) is 0.712. The maximum absolute atomic E-state index is 5.40. The summed E-state index contributed by atoms with van der Waals surface area (Å²) in [5.74, 6) is 0.929. The molecule has 0 saturated heterocycles. The van der Waals surface area contributed by atoms with E-state index in [4.69, 9.17) is 4.74 Å². The molecule has 0 saturated carbocycles. The van der Waals surface area contributed by atoms with Gasteiger partial charge in [-0.3, -0.25) is 4.90 Å². The van der Waals surface area contributed by atoms with E-state index in [-0.39, 0.29) is 0 Å². The van der Waals surface area contributed by atoms with Crippen molar-refractivity contribution in [1.29, 1.82) is 0 Å². The Bertz CT molecular complexity index is 325. The van der Waals surface area contributed by atoms with Crippen LogP contribution in [0.1, 0.15) is 13.8 Å². The molecule has 90 valence electrons. The van der Waals surface area contributed by atoms with Crippen LogP contribution in [0.15, 0.2) is 24.3 Å². The Morgan fingerprint density at radius 2 is 1.88 bits per heavy atom. The van der Waals surface area contributed by atoms with Gasteiger partial charge in [0.25, 0.3) is 0 Å². The Morgan fingerprint density at radius 1 is 1.25 bits per heavy atom. The number of hydrogen-bond donors (Lipinski definition) is 0. The zero-order chi connectivity index (χ0) is 12.1. The van der Waals surface area contributed by atoms with E-state index < -0.39 is 0 Å². The molecule has 1 unspecified atom stereocenters. The maximum Gasteiger partial charge on any atom is 0.142 e. The minimum Gasteiger partial charge on any atom is -0.495 e. The van der Waals surface area contributed by atoms with Crippen molar-refractivity contribution < 1.29 is 4.74 Å². The first-order valence-electron chi connectivity index (χ1n) is 5.67. The van der Waals surface area contributed by atoms with E-state index in [9.17, 15) is 0 Å². The Morgan fingerprint density at radius 3 is 2.38 bits per heavy atom. The van der Waals surface area contributed by atoms with Gasteiger partial charge in [0.05, 0.1) is 19.0 Å². The van der Waals surface area contributed by atoms with E-state index in [0.717, 1.165) is 18.0 Å². The molecule has 1 aromatic rings. The fourth-order valence-corrected chi connectivity index (χ4v) is 1.78. The van der Waals surface area contributed by atoms with Gasteiger partial charge in [0, 0.05) is 6.54 Å². The first-order chi connectivity index (χ1) is 7.61. The van der Waals surface area contributed by atoms with E-state index in [0.29, 0.717) is 6.17 Å². The van der Waals surface area contributed by atoms with Crippen LogP contribution in [0.4, 0.5) is 5.69 Å². The zero-order valence-corrected chi connectivity index (χ0v) is 10.9. The highest BCUT2D eigenvalue weighted by molar-refractivity contribution is 5.58. The summed E-state index contributed by atoms with van der Waals surface area (Å²) < 4.78 is 5.40. The summed E-state index contributed by atoms with van der Waals surface area (Å²) in [6, 6.07) is 8.14. The number of hydrogen-bond acceptors (Lipinski definition) is 3. The van der Waals surface area contributed by atoms with Crippen LogP contribution in [0, 0.1) is 0 Å². The van der Waals surface area contributed by atoms with E-state index in [2.05, 4.69) is 43.8 Å². The summed E-state index contributed by atoms with van der Waals surface area (Å²) in [6.07, 6.45) is 0.348. The second-order valence-corrected chi connectivity index (χ2v) is 4.05. The Labute approximate surface area is 98.6 Å². The number of anilines is 1. The number of methoxy groups -OCH3 is 1. The van der Waals surface area contributed by atoms with Crippen LogP contribution in [0.5, 0.6) is 5.75 Å². The third-order valence-corrected chi connectivity index (χ3v) is 2.93. The molecule has 3 heteroatoms. The summed E-state index contributed by atoms with van der Waals surface area (Å²) in [7, 11) is 5.89. The molecule has 0 bridgehead atoms. The van der Waals surface area contributed by atoms with Crippen LogP contribution in [0.3, 0.4) is 0 Å². The van der Waals surface area contributed by atoms with Crippen molar-refractivity contribution in [1.82, 2.24) is 4.90 Å². The normalized spacial score (nSPS) is 12.6. The monoisotopic (exact) mass is 222 g/mol. The van der Waals surface area contributed by atoms with Crippen molar-refractivity contribution >= 4 is 5.69 Å². The number of nitrogens with zero attached hydrogens (tertiary/aromatic N) is 2. The lowest BCUT2D eigenvalue weighted by molar-refractivity contribution is 0.301. The maximum atomic E-state index is 5.40. The van der Waals surface area contributed by atoms with E-state index in [1.165, 1.54) is 0 Å². The lowest BCUT2D eigenvalue weighted by Gasteiger charge is -2.35. The van der Waals surface area contributed by atoms with Gasteiger partial charge in [-0.25, -0.2) is 0 Å². The van der Waals surface area contributed by atoms with Gasteiger partial charge >= 0.3 is 0 Å². The molecule has 0 spiro atoms. The standard InChI is InChI=1S/C13H22N2O/c1-6-15(11(2)14(3)4)12-9-7-8-10-13(12)16-5/h7-11H,6H2,1-5H3. The minimum atomic E-state index is 0.348. The van der Waals surface area contributed by atoms with Gasteiger partial charge in [-0.05, 0) is 40.1 Å². The average molecular weight is 222 g/mol. The average Bonchev–Trinajstić information content (AvgIpc) is 2.30. The number of benzene rings is 1. The predicted molar refractivity (Wildman–Crippen MR) is 69.2 cm³/mol. The highest BCUT2D eigenvalue weighted by Gasteiger charge is 2.17. The molecule has 1 atom stereocenters. The van der Waals surface area contributed by atoms with Gasteiger partial charge in [-0.1, -0.05) is 12.1 Å². The van der Waals surface area contributed by atoms with Crippen LogP contribution in [0.2, 0.25) is 0 Å². The summed E-state index contributed by atoms with van der Waals surface area (Å²) in [6.45, 7) is 5.31. The summed E-state index contributed by atoms with van der Waals surface area (Å²) >= 11 is 0. The van der Waals surface area contributed by atoms with Crippen LogP contribution < -0.4 is 9.64 Å². The van der Waals surface area contributed by atoms with Gasteiger partial charge in [0.1, 0.15) is 5.75 Å². The van der Waals surface area contributed by atoms with Gasteiger partial charge in [0.15, 0.2) is 0 Å². The molecular formula is C13H22N2O. The number of para-hydroxylation sites is 2. The molecule has 0 heterocycles. The van der Waals surface area contributed by atoms with Crippen molar-refractivity contribution in [3.8, 4) is 5.75 Å². The van der Waals surface area contributed by atoms with Crippen molar-refractivity contribution in [3.63, 3.8) is 0 Å². The molecule has 0 fully saturated rings. The Hall–Kier alpha value is -1.22. The van der Waals surface area contributed by atoms with Gasteiger partial charge in [0.2, 0.25) is 0 Å². The molecule has 0 aliphatic rings. The molecule has 0 aliphatic carbocycles. The van der Waals surface area contributed by atoms with Gasteiger partial charge in [-0.2, -0.15) is 0 Å². The van der Waals surface area contributed by atoms with Crippen LogP contribution >= 0.6 is 0 Å². The second kappa shape index (κ2) is 5.75. The van der Waals surface area contributed by atoms with Crippen molar-refractivity contribution in [2.24, 2.45) is 0 Å². The Kier molecular flexibility index (Phi) is 4.62. The summed E-state index contributed by atoms with van der Waals surface area (Å²) in [5, 5.41) is 0. The van der Waals surface area contributed by atoms with Crippen LogP contribution in [0.25, 0.3) is 0 Å². The van der Waals surface area contributed by atoms with E-state index >= 15 is 0 Å². The van der Waals surface area contributed by atoms with E-state index in [1.54, 1.807) is 7.11 Å². The summed E-state index contributed by atoms with van der Waals surface area (Å²) in [5.41, 5.74) is 1.15. The zero-order valence-electron chi connectivity index (χ0n) is 10.9. The molecule has 0 aromatic heterocycles. The first-order valence-corrected chi connectivity index (χ1v) is 5.67.